The third kappa shape index (κ3) is 3.27. The topological polar surface area (TPSA) is 49.4 Å². The van der Waals surface area contributed by atoms with Crippen LogP contribution in [-0.2, 0) is 10.0 Å². The zero-order valence-electron chi connectivity index (χ0n) is 12.0. The summed E-state index contributed by atoms with van der Waals surface area (Å²) < 4.78 is 40.9. The van der Waals surface area contributed by atoms with E-state index in [1.807, 2.05) is 0 Å². The predicted octanol–water partition coefficient (Wildman–Crippen LogP) is 2.12. The Morgan fingerprint density at radius 2 is 1.95 bits per heavy atom. The molecule has 0 radical (unpaired) electrons. The van der Waals surface area contributed by atoms with Crippen LogP contribution in [0.25, 0.3) is 0 Å². The Morgan fingerprint density at radius 3 is 2.57 bits per heavy atom. The minimum Gasteiger partial charge on any atom is -0.313 e. The lowest BCUT2D eigenvalue weighted by Gasteiger charge is -2.30. The normalized spacial score (nSPS) is 23.4. The molecule has 0 amide bonds. The molecule has 1 aliphatic carbocycles. The lowest BCUT2D eigenvalue weighted by Crippen LogP contribution is -2.46. The lowest BCUT2D eigenvalue weighted by atomic mass is 10.1. The molecule has 4 nitrogen and oxygen atoms in total. The van der Waals surface area contributed by atoms with E-state index in [9.17, 15) is 12.8 Å². The first-order valence-electron chi connectivity index (χ1n) is 7.59. The van der Waals surface area contributed by atoms with E-state index < -0.39 is 15.8 Å². The SMILES string of the molecule is O=S(=O)(c1ccccc1F)N(CC1CCCCN1)C1CC1. The second kappa shape index (κ2) is 6.02. The van der Waals surface area contributed by atoms with Gasteiger partial charge < -0.3 is 5.32 Å². The Morgan fingerprint density at radius 1 is 1.19 bits per heavy atom. The van der Waals surface area contributed by atoms with Crippen LogP contribution in [-0.4, -0.2) is 37.9 Å². The van der Waals surface area contributed by atoms with Crippen LogP contribution in [0, 0.1) is 5.82 Å². The highest BCUT2D eigenvalue weighted by Gasteiger charge is 2.40. The maximum Gasteiger partial charge on any atom is 0.246 e. The summed E-state index contributed by atoms with van der Waals surface area (Å²) in [7, 11) is -3.75. The van der Waals surface area contributed by atoms with E-state index in [0.717, 1.165) is 38.6 Å². The summed E-state index contributed by atoms with van der Waals surface area (Å²) in [5.74, 6) is -0.667. The highest BCUT2D eigenvalue weighted by Crippen LogP contribution is 2.33. The number of sulfonamides is 1. The van der Waals surface area contributed by atoms with Gasteiger partial charge in [0.1, 0.15) is 10.7 Å². The molecule has 21 heavy (non-hydrogen) atoms. The second-order valence-corrected chi connectivity index (χ2v) is 7.74. The van der Waals surface area contributed by atoms with Crippen LogP contribution in [0.3, 0.4) is 0 Å². The molecule has 116 valence electrons. The molecular weight excluding hydrogens is 291 g/mol. The average Bonchev–Trinajstić information content (AvgIpc) is 3.30. The fourth-order valence-electron chi connectivity index (χ4n) is 2.88. The van der Waals surface area contributed by atoms with Gasteiger partial charge in [0.2, 0.25) is 10.0 Å². The molecule has 6 heteroatoms. The standard InChI is InChI=1S/C15H21FN2O2S/c16-14-6-1-2-7-15(14)21(19,20)18(13-8-9-13)11-12-5-3-4-10-17-12/h1-2,6-7,12-13,17H,3-5,8-11H2. The number of rotatable bonds is 5. The van der Waals surface area contributed by atoms with Crippen molar-refractivity contribution < 1.29 is 12.8 Å². The van der Waals surface area contributed by atoms with Gasteiger partial charge in [0, 0.05) is 18.6 Å². The smallest absolute Gasteiger partial charge is 0.246 e. The van der Waals surface area contributed by atoms with Crippen LogP contribution in [0.5, 0.6) is 0 Å². The molecule has 1 unspecified atom stereocenters. The van der Waals surface area contributed by atoms with Gasteiger partial charge in [-0.1, -0.05) is 18.6 Å². The molecule has 1 aromatic rings. The molecule has 2 aliphatic rings. The first kappa shape index (κ1) is 14.9. The van der Waals surface area contributed by atoms with Crippen molar-refractivity contribution in [3.63, 3.8) is 0 Å². The zero-order valence-corrected chi connectivity index (χ0v) is 12.8. The number of hydrogen-bond donors (Lipinski definition) is 1. The van der Waals surface area contributed by atoms with Crippen molar-refractivity contribution in [3.8, 4) is 0 Å². The Kier molecular flexibility index (Phi) is 4.28. The molecule has 1 atom stereocenters. The molecule has 3 rings (SSSR count). The summed E-state index contributed by atoms with van der Waals surface area (Å²) in [6, 6.07) is 5.86. The first-order valence-corrected chi connectivity index (χ1v) is 9.03. The van der Waals surface area contributed by atoms with Gasteiger partial charge in [-0.3, -0.25) is 0 Å². The average molecular weight is 312 g/mol. The molecule has 1 aliphatic heterocycles. The molecule has 0 spiro atoms. The maximum absolute atomic E-state index is 13.9. The largest absolute Gasteiger partial charge is 0.313 e. The van der Waals surface area contributed by atoms with Crippen molar-refractivity contribution in [2.45, 2.75) is 49.1 Å². The van der Waals surface area contributed by atoms with Crippen LogP contribution in [0.1, 0.15) is 32.1 Å². The lowest BCUT2D eigenvalue weighted by molar-refractivity contribution is 0.307. The summed E-state index contributed by atoms with van der Waals surface area (Å²) in [5.41, 5.74) is 0. The van der Waals surface area contributed by atoms with E-state index in [0.29, 0.717) is 6.54 Å². The highest BCUT2D eigenvalue weighted by atomic mass is 32.2. The summed E-state index contributed by atoms with van der Waals surface area (Å²) in [6.07, 6.45) is 4.99. The third-order valence-corrected chi connectivity index (χ3v) is 6.14. The van der Waals surface area contributed by atoms with E-state index in [-0.39, 0.29) is 17.0 Å². The van der Waals surface area contributed by atoms with Gasteiger partial charge in [-0.2, -0.15) is 4.31 Å². The monoisotopic (exact) mass is 312 g/mol. The molecule has 2 fully saturated rings. The fraction of sp³-hybridized carbons (Fsp3) is 0.600. The fourth-order valence-corrected chi connectivity index (χ4v) is 4.68. The van der Waals surface area contributed by atoms with Crippen molar-refractivity contribution >= 4 is 10.0 Å². The number of benzene rings is 1. The molecule has 0 aromatic heterocycles. The van der Waals surface area contributed by atoms with Gasteiger partial charge >= 0.3 is 0 Å². The summed E-state index contributed by atoms with van der Waals surface area (Å²) in [4.78, 5) is -0.201. The minimum absolute atomic E-state index is 0.0401. The van der Waals surface area contributed by atoms with Gasteiger partial charge in [0.25, 0.3) is 0 Å². The molecule has 0 bridgehead atoms. The van der Waals surface area contributed by atoms with E-state index in [2.05, 4.69) is 5.32 Å². The van der Waals surface area contributed by atoms with E-state index in [1.165, 1.54) is 22.5 Å². The van der Waals surface area contributed by atoms with Crippen molar-refractivity contribution in [3.05, 3.63) is 30.1 Å². The van der Waals surface area contributed by atoms with E-state index in [1.54, 1.807) is 6.07 Å². The number of hydrogen-bond acceptors (Lipinski definition) is 3. The van der Waals surface area contributed by atoms with Crippen LogP contribution < -0.4 is 5.32 Å². The molecule has 1 heterocycles. The number of halogens is 1. The van der Waals surface area contributed by atoms with Gasteiger partial charge in [0.15, 0.2) is 0 Å². The van der Waals surface area contributed by atoms with Crippen LogP contribution >= 0.6 is 0 Å². The van der Waals surface area contributed by atoms with Crippen LogP contribution in [0.4, 0.5) is 4.39 Å². The maximum atomic E-state index is 13.9. The Bertz CT molecular complexity index is 595. The molecule has 1 N–H and O–H groups in total. The Hall–Kier alpha value is -0.980. The summed E-state index contributed by atoms with van der Waals surface area (Å²) >= 11 is 0. The van der Waals surface area contributed by atoms with Gasteiger partial charge in [0.05, 0.1) is 0 Å². The van der Waals surface area contributed by atoms with Crippen molar-refractivity contribution in [1.82, 2.24) is 9.62 Å². The molecule has 1 aromatic carbocycles. The number of piperidine rings is 1. The van der Waals surface area contributed by atoms with Gasteiger partial charge in [-0.05, 0) is 44.4 Å². The van der Waals surface area contributed by atoms with Crippen LogP contribution in [0.2, 0.25) is 0 Å². The molecule has 1 saturated carbocycles. The zero-order chi connectivity index (χ0) is 14.9. The molecule has 1 saturated heterocycles. The van der Waals surface area contributed by atoms with Gasteiger partial charge in [-0.15, -0.1) is 0 Å². The Labute approximate surface area is 125 Å². The third-order valence-electron chi connectivity index (χ3n) is 4.19. The summed E-state index contributed by atoms with van der Waals surface area (Å²) in [5, 5.41) is 3.37. The summed E-state index contributed by atoms with van der Waals surface area (Å²) in [6.45, 7) is 1.38. The van der Waals surface area contributed by atoms with Crippen molar-refractivity contribution in [1.29, 1.82) is 0 Å². The highest BCUT2D eigenvalue weighted by molar-refractivity contribution is 7.89. The number of nitrogens with zero attached hydrogens (tertiary/aromatic N) is 1. The first-order chi connectivity index (χ1) is 10.1. The second-order valence-electron chi connectivity index (χ2n) is 5.88. The van der Waals surface area contributed by atoms with Gasteiger partial charge in [-0.25, -0.2) is 12.8 Å². The minimum atomic E-state index is -3.75. The van der Waals surface area contributed by atoms with E-state index in [4.69, 9.17) is 0 Å². The molecular formula is C15H21FN2O2S. The predicted molar refractivity (Wildman–Crippen MR) is 79.0 cm³/mol. The number of nitrogens with one attached hydrogen (secondary N) is 1. The van der Waals surface area contributed by atoms with Crippen molar-refractivity contribution in [2.75, 3.05) is 13.1 Å². The van der Waals surface area contributed by atoms with Crippen LogP contribution in [0.15, 0.2) is 29.2 Å². The van der Waals surface area contributed by atoms with Crippen molar-refractivity contribution in [2.24, 2.45) is 0 Å². The Balaban J connectivity index is 1.84. The van der Waals surface area contributed by atoms with E-state index >= 15 is 0 Å². The quantitative estimate of drug-likeness (QED) is 0.906.